The Balaban J connectivity index is 2.21. The van der Waals surface area contributed by atoms with Crippen LogP contribution in [0.2, 0.25) is 0 Å². The molecule has 2 rings (SSSR count). The number of aryl methyl sites for hydroxylation is 1. The summed E-state index contributed by atoms with van der Waals surface area (Å²) in [5.41, 5.74) is 6.30. The first-order valence-corrected chi connectivity index (χ1v) is 5.75. The molecule has 0 aliphatic carbocycles. The quantitative estimate of drug-likeness (QED) is 0.685. The third-order valence-corrected chi connectivity index (χ3v) is 2.76. The minimum absolute atomic E-state index is 0.0356. The van der Waals surface area contributed by atoms with Crippen LogP contribution in [-0.2, 0) is 6.61 Å². The van der Waals surface area contributed by atoms with Crippen molar-refractivity contribution >= 4 is 11.5 Å². The maximum Gasteiger partial charge on any atom is 0.275 e. The van der Waals surface area contributed by atoms with Gasteiger partial charge in [-0.15, -0.1) is 0 Å². The van der Waals surface area contributed by atoms with Crippen LogP contribution in [0, 0.1) is 22.9 Å². The lowest BCUT2D eigenvalue weighted by Crippen LogP contribution is -2.03. The van der Waals surface area contributed by atoms with E-state index >= 15 is 0 Å². The summed E-state index contributed by atoms with van der Waals surface area (Å²) in [6.45, 7) is 1.55. The molecule has 0 radical (unpaired) electrons. The average Bonchev–Trinajstić information content (AvgIpc) is 2.40. The fourth-order valence-electron chi connectivity index (χ4n) is 1.68. The number of benzene rings is 1. The number of rotatable bonds is 4. The van der Waals surface area contributed by atoms with Crippen molar-refractivity contribution in [3.8, 4) is 5.75 Å². The van der Waals surface area contributed by atoms with E-state index in [1.165, 1.54) is 19.2 Å². The highest BCUT2D eigenvalue weighted by atomic mass is 19.1. The van der Waals surface area contributed by atoms with Crippen LogP contribution in [0.3, 0.4) is 0 Å². The topological polar surface area (TPSA) is 91.3 Å². The number of pyridine rings is 1. The summed E-state index contributed by atoms with van der Waals surface area (Å²) in [6.07, 6.45) is 1.54. The predicted octanol–water partition coefficient (Wildman–Crippen LogP) is 2.60. The summed E-state index contributed by atoms with van der Waals surface area (Å²) >= 11 is 0. The first-order valence-electron chi connectivity index (χ1n) is 5.75. The Hall–Kier alpha value is -2.70. The Labute approximate surface area is 114 Å². The highest BCUT2D eigenvalue weighted by Gasteiger charge is 2.16. The second-order valence-electron chi connectivity index (χ2n) is 4.16. The van der Waals surface area contributed by atoms with Crippen molar-refractivity contribution in [1.82, 2.24) is 4.98 Å². The van der Waals surface area contributed by atoms with Crippen molar-refractivity contribution in [2.24, 2.45) is 0 Å². The number of anilines is 1. The van der Waals surface area contributed by atoms with Crippen molar-refractivity contribution in [2.75, 3.05) is 5.73 Å². The summed E-state index contributed by atoms with van der Waals surface area (Å²) in [5, 5.41) is 10.7. The molecule has 0 aliphatic rings. The molecular weight excluding hydrogens is 265 g/mol. The molecule has 1 aromatic heterocycles. The number of nitrogens with zero attached hydrogens (tertiary/aromatic N) is 2. The molecule has 0 aliphatic heterocycles. The standard InChI is InChI=1S/C13H12FN3O3/c1-8-5-12(10(14)6-11(8)17(18)19)20-7-9-3-2-4-16-13(9)15/h2-6H,7H2,1H3,(H2,15,16). The molecule has 6 nitrogen and oxygen atoms in total. The Bertz CT molecular complexity index is 661. The van der Waals surface area contributed by atoms with Crippen molar-refractivity contribution in [3.05, 3.63) is 57.5 Å². The van der Waals surface area contributed by atoms with E-state index in [4.69, 9.17) is 10.5 Å². The molecule has 1 aromatic carbocycles. The van der Waals surface area contributed by atoms with Crippen LogP contribution in [-0.4, -0.2) is 9.91 Å². The van der Waals surface area contributed by atoms with Crippen molar-refractivity contribution in [1.29, 1.82) is 0 Å². The smallest absolute Gasteiger partial charge is 0.275 e. The fourth-order valence-corrected chi connectivity index (χ4v) is 1.68. The first-order chi connectivity index (χ1) is 9.49. The highest BCUT2D eigenvalue weighted by Crippen LogP contribution is 2.27. The number of aromatic nitrogens is 1. The van der Waals surface area contributed by atoms with Crippen LogP contribution in [0.25, 0.3) is 0 Å². The van der Waals surface area contributed by atoms with Gasteiger partial charge in [0.1, 0.15) is 12.4 Å². The molecule has 0 atom stereocenters. The summed E-state index contributed by atoms with van der Waals surface area (Å²) in [5.74, 6) is -0.548. The van der Waals surface area contributed by atoms with E-state index in [1.807, 2.05) is 0 Å². The van der Waals surface area contributed by atoms with Gasteiger partial charge in [-0.3, -0.25) is 10.1 Å². The highest BCUT2D eigenvalue weighted by molar-refractivity contribution is 5.45. The van der Waals surface area contributed by atoms with Gasteiger partial charge in [-0.05, 0) is 19.1 Å². The van der Waals surface area contributed by atoms with Gasteiger partial charge in [-0.1, -0.05) is 6.07 Å². The predicted molar refractivity (Wildman–Crippen MR) is 70.8 cm³/mol. The molecule has 7 heteroatoms. The number of nitro groups is 1. The van der Waals surface area contributed by atoms with E-state index in [1.54, 1.807) is 12.1 Å². The van der Waals surface area contributed by atoms with Gasteiger partial charge < -0.3 is 10.5 Å². The third kappa shape index (κ3) is 2.82. The zero-order chi connectivity index (χ0) is 14.7. The van der Waals surface area contributed by atoms with Gasteiger partial charge in [0.25, 0.3) is 5.69 Å². The zero-order valence-corrected chi connectivity index (χ0v) is 10.7. The van der Waals surface area contributed by atoms with Crippen LogP contribution in [0.5, 0.6) is 5.75 Å². The number of nitrogen functional groups attached to an aromatic ring is 1. The van der Waals surface area contributed by atoms with Crippen LogP contribution < -0.4 is 10.5 Å². The lowest BCUT2D eigenvalue weighted by atomic mass is 10.2. The Morgan fingerprint density at radius 1 is 1.50 bits per heavy atom. The molecule has 20 heavy (non-hydrogen) atoms. The Morgan fingerprint density at radius 2 is 2.25 bits per heavy atom. The molecule has 2 aromatic rings. The Kier molecular flexibility index (Phi) is 3.79. The second-order valence-corrected chi connectivity index (χ2v) is 4.16. The van der Waals surface area contributed by atoms with Crippen LogP contribution in [0.1, 0.15) is 11.1 Å². The monoisotopic (exact) mass is 277 g/mol. The normalized spacial score (nSPS) is 10.3. The molecule has 0 unspecified atom stereocenters. The van der Waals surface area contributed by atoms with Crippen LogP contribution in [0.4, 0.5) is 15.9 Å². The van der Waals surface area contributed by atoms with Gasteiger partial charge in [0.15, 0.2) is 11.6 Å². The molecule has 2 N–H and O–H groups in total. The van der Waals surface area contributed by atoms with E-state index in [-0.39, 0.29) is 18.0 Å². The summed E-state index contributed by atoms with van der Waals surface area (Å²) in [6, 6.07) is 5.53. The van der Waals surface area contributed by atoms with Gasteiger partial charge in [-0.25, -0.2) is 9.37 Å². The van der Waals surface area contributed by atoms with Gasteiger partial charge in [0.2, 0.25) is 0 Å². The molecule has 0 saturated heterocycles. The number of hydrogen-bond acceptors (Lipinski definition) is 5. The summed E-state index contributed by atoms with van der Waals surface area (Å²) < 4.78 is 19.0. The summed E-state index contributed by atoms with van der Waals surface area (Å²) in [4.78, 5) is 13.9. The van der Waals surface area contributed by atoms with Gasteiger partial charge in [0, 0.05) is 17.3 Å². The maximum absolute atomic E-state index is 13.7. The minimum Gasteiger partial charge on any atom is -0.486 e. The third-order valence-electron chi connectivity index (χ3n) is 2.76. The number of nitrogens with two attached hydrogens (primary N) is 1. The second kappa shape index (κ2) is 5.52. The van der Waals surface area contributed by atoms with Crippen molar-refractivity contribution in [3.63, 3.8) is 0 Å². The number of hydrogen-bond donors (Lipinski definition) is 1. The van der Waals surface area contributed by atoms with Crippen molar-refractivity contribution in [2.45, 2.75) is 13.5 Å². The van der Waals surface area contributed by atoms with E-state index < -0.39 is 10.7 Å². The van der Waals surface area contributed by atoms with Crippen molar-refractivity contribution < 1.29 is 14.1 Å². The number of nitro benzene ring substituents is 1. The molecule has 0 amide bonds. The lowest BCUT2D eigenvalue weighted by Gasteiger charge is -2.09. The van der Waals surface area contributed by atoms with Gasteiger partial charge in [0.05, 0.1) is 11.0 Å². The lowest BCUT2D eigenvalue weighted by molar-refractivity contribution is -0.385. The molecular formula is C13H12FN3O3. The van der Waals surface area contributed by atoms with E-state index in [0.29, 0.717) is 16.9 Å². The van der Waals surface area contributed by atoms with Gasteiger partial charge >= 0.3 is 0 Å². The van der Waals surface area contributed by atoms with Crippen LogP contribution in [0.15, 0.2) is 30.5 Å². The number of halogens is 1. The summed E-state index contributed by atoms with van der Waals surface area (Å²) in [7, 11) is 0. The SMILES string of the molecule is Cc1cc(OCc2cccnc2N)c(F)cc1[N+](=O)[O-]. The largest absolute Gasteiger partial charge is 0.486 e. The molecule has 104 valence electrons. The zero-order valence-electron chi connectivity index (χ0n) is 10.7. The molecule has 0 saturated carbocycles. The van der Waals surface area contributed by atoms with E-state index in [9.17, 15) is 14.5 Å². The van der Waals surface area contributed by atoms with E-state index in [2.05, 4.69) is 4.98 Å². The first kappa shape index (κ1) is 13.7. The van der Waals surface area contributed by atoms with Crippen LogP contribution >= 0.6 is 0 Å². The molecule has 1 heterocycles. The molecule has 0 fully saturated rings. The minimum atomic E-state index is -0.787. The van der Waals surface area contributed by atoms with Gasteiger partial charge in [-0.2, -0.15) is 0 Å². The van der Waals surface area contributed by atoms with E-state index in [0.717, 1.165) is 6.07 Å². The molecule has 0 bridgehead atoms. The maximum atomic E-state index is 13.7. The average molecular weight is 277 g/mol. The Morgan fingerprint density at radius 3 is 2.90 bits per heavy atom. The fraction of sp³-hybridized carbons (Fsp3) is 0.154. The number of ether oxygens (including phenoxy) is 1. The molecule has 0 spiro atoms.